The zero-order valence-electron chi connectivity index (χ0n) is 11.3. The molecule has 0 heteroatoms. The van der Waals surface area contributed by atoms with Gasteiger partial charge in [0.15, 0.2) is 0 Å². The first-order valence-electron chi connectivity index (χ1n) is 6.48. The molecule has 0 aromatic carbocycles. The van der Waals surface area contributed by atoms with Crippen LogP contribution in [-0.4, -0.2) is 0 Å². The minimum absolute atomic E-state index is 0.344. The molecule has 0 saturated carbocycles. The Morgan fingerprint density at radius 3 is 2.44 bits per heavy atom. The van der Waals surface area contributed by atoms with E-state index in [1.165, 1.54) is 31.3 Å². The van der Waals surface area contributed by atoms with Gasteiger partial charge in [-0.2, -0.15) is 0 Å². The fourth-order valence-corrected chi connectivity index (χ4v) is 2.07. The number of rotatable bonds is 0. The van der Waals surface area contributed by atoms with Crippen LogP contribution in [0.4, 0.5) is 0 Å². The zero-order chi connectivity index (χ0) is 12.0. The van der Waals surface area contributed by atoms with E-state index in [0.29, 0.717) is 5.41 Å². The van der Waals surface area contributed by atoms with E-state index in [4.69, 9.17) is 0 Å². The molecule has 0 unspecified atom stereocenters. The van der Waals surface area contributed by atoms with Gasteiger partial charge in [-0.25, -0.2) is 0 Å². The summed E-state index contributed by atoms with van der Waals surface area (Å²) in [5, 5.41) is 0. The van der Waals surface area contributed by atoms with Crippen molar-refractivity contribution in [2.75, 3.05) is 0 Å². The van der Waals surface area contributed by atoms with Crippen molar-refractivity contribution in [3.8, 4) is 0 Å². The monoisotopic (exact) mass is 218 g/mol. The highest BCUT2D eigenvalue weighted by molar-refractivity contribution is 5.10. The summed E-state index contributed by atoms with van der Waals surface area (Å²) in [6.45, 7) is 9.16. The average molecular weight is 218 g/mol. The lowest BCUT2D eigenvalue weighted by Gasteiger charge is -2.19. The van der Waals surface area contributed by atoms with Crippen LogP contribution in [0.2, 0.25) is 0 Å². The Morgan fingerprint density at radius 2 is 1.69 bits per heavy atom. The van der Waals surface area contributed by atoms with Gasteiger partial charge < -0.3 is 0 Å². The third kappa shape index (κ3) is 5.34. The second kappa shape index (κ2) is 6.08. The Labute approximate surface area is 101 Å². The van der Waals surface area contributed by atoms with E-state index >= 15 is 0 Å². The Hall–Kier alpha value is -0.780. The van der Waals surface area contributed by atoms with E-state index < -0.39 is 0 Å². The molecule has 0 amide bonds. The van der Waals surface area contributed by atoms with E-state index in [1.807, 2.05) is 0 Å². The van der Waals surface area contributed by atoms with Crippen molar-refractivity contribution in [3.63, 3.8) is 0 Å². The number of hydrogen-bond acceptors (Lipinski definition) is 0. The molecular weight excluding hydrogens is 192 g/mol. The van der Waals surface area contributed by atoms with Crippen molar-refractivity contribution in [2.45, 2.75) is 59.8 Å². The van der Waals surface area contributed by atoms with Gasteiger partial charge in [-0.3, -0.25) is 0 Å². The van der Waals surface area contributed by atoms with Gasteiger partial charge in [0.1, 0.15) is 0 Å². The molecule has 0 aromatic heterocycles. The second-order valence-electron chi connectivity index (χ2n) is 5.77. The quantitative estimate of drug-likeness (QED) is 0.476. The first-order valence-corrected chi connectivity index (χ1v) is 6.48. The van der Waals surface area contributed by atoms with Gasteiger partial charge in [0.05, 0.1) is 0 Å². The van der Waals surface area contributed by atoms with E-state index in [9.17, 15) is 0 Å². The summed E-state index contributed by atoms with van der Waals surface area (Å²) in [4.78, 5) is 0. The smallest absolute Gasteiger partial charge is 0.0141 e. The fourth-order valence-electron chi connectivity index (χ4n) is 2.07. The molecule has 16 heavy (non-hydrogen) atoms. The third-order valence-corrected chi connectivity index (χ3v) is 3.32. The lowest BCUT2D eigenvalue weighted by Crippen LogP contribution is -2.06. The standard InChI is InChI=1S/C16H26/c1-14-8-5-9-15(2)11-7-13-16(3,4)12-6-10-14/h6,8,11-12H,5,7,9-10,13H2,1-4H3. The van der Waals surface area contributed by atoms with Crippen molar-refractivity contribution >= 4 is 0 Å². The van der Waals surface area contributed by atoms with Crippen LogP contribution in [0.15, 0.2) is 35.5 Å². The first kappa shape index (κ1) is 13.3. The van der Waals surface area contributed by atoms with Crippen LogP contribution >= 0.6 is 0 Å². The molecule has 0 radical (unpaired) electrons. The minimum atomic E-state index is 0.344. The Kier molecular flexibility index (Phi) is 5.05. The highest BCUT2D eigenvalue weighted by Crippen LogP contribution is 2.26. The van der Waals surface area contributed by atoms with E-state index in [0.717, 1.165) is 6.42 Å². The highest BCUT2D eigenvalue weighted by Gasteiger charge is 2.12. The van der Waals surface area contributed by atoms with Crippen molar-refractivity contribution in [3.05, 3.63) is 35.5 Å². The maximum atomic E-state index is 2.42. The van der Waals surface area contributed by atoms with Crippen LogP contribution in [0.1, 0.15) is 59.8 Å². The van der Waals surface area contributed by atoms with Crippen molar-refractivity contribution < 1.29 is 0 Å². The minimum Gasteiger partial charge on any atom is -0.0856 e. The molecule has 0 N–H and O–H groups in total. The van der Waals surface area contributed by atoms with Crippen LogP contribution in [-0.2, 0) is 0 Å². The Bertz CT molecular complexity index is 300. The normalized spacial score (nSPS) is 22.8. The predicted octanol–water partition coefficient (Wildman–Crippen LogP) is 5.43. The summed E-state index contributed by atoms with van der Waals surface area (Å²) in [6, 6.07) is 0. The van der Waals surface area contributed by atoms with Crippen LogP contribution in [0.5, 0.6) is 0 Å². The summed E-state index contributed by atoms with van der Waals surface area (Å²) in [7, 11) is 0. The summed E-state index contributed by atoms with van der Waals surface area (Å²) < 4.78 is 0. The van der Waals surface area contributed by atoms with Crippen molar-refractivity contribution in [2.24, 2.45) is 5.41 Å². The Balaban J connectivity index is 2.74. The summed E-state index contributed by atoms with van der Waals surface area (Å²) >= 11 is 0. The molecule has 1 rings (SSSR count). The molecule has 0 aliphatic heterocycles. The van der Waals surface area contributed by atoms with Gasteiger partial charge in [0.2, 0.25) is 0 Å². The Morgan fingerprint density at radius 1 is 1.00 bits per heavy atom. The number of hydrogen-bond donors (Lipinski definition) is 0. The summed E-state index contributed by atoms with van der Waals surface area (Å²) in [5.41, 5.74) is 3.39. The zero-order valence-corrected chi connectivity index (χ0v) is 11.3. The maximum absolute atomic E-state index is 2.42. The lowest BCUT2D eigenvalue weighted by atomic mass is 9.86. The molecule has 0 fully saturated rings. The largest absolute Gasteiger partial charge is 0.0856 e. The van der Waals surface area contributed by atoms with E-state index in [1.54, 1.807) is 5.57 Å². The second-order valence-corrected chi connectivity index (χ2v) is 5.77. The molecule has 0 atom stereocenters. The fraction of sp³-hybridized carbons (Fsp3) is 0.625. The van der Waals surface area contributed by atoms with Crippen LogP contribution in [0, 0.1) is 5.41 Å². The molecule has 0 bridgehead atoms. The van der Waals surface area contributed by atoms with Crippen molar-refractivity contribution in [1.29, 1.82) is 0 Å². The molecule has 1 aliphatic rings. The average Bonchev–Trinajstić information content (AvgIpc) is 2.15. The molecule has 0 heterocycles. The van der Waals surface area contributed by atoms with E-state index in [-0.39, 0.29) is 0 Å². The van der Waals surface area contributed by atoms with E-state index in [2.05, 4.69) is 52.0 Å². The molecule has 0 aromatic rings. The highest BCUT2D eigenvalue weighted by atomic mass is 14.2. The first-order chi connectivity index (χ1) is 7.49. The van der Waals surface area contributed by atoms with Gasteiger partial charge in [-0.1, -0.05) is 49.3 Å². The molecule has 0 saturated heterocycles. The summed E-state index contributed by atoms with van der Waals surface area (Å²) in [6.07, 6.45) is 15.5. The van der Waals surface area contributed by atoms with Gasteiger partial charge >= 0.3 is 0 Å². The topological polar surface area (TPSA) is 0 Å². The van der Waals surface area contributed by atoms with Gasteiger partial charge in [-0.05, 0) is 51.4 Å². The maximum Gasteiger partial charge on any atom is -0.0141 e. The van der Waals surface area contributed by atoms with Crippen LogP contribution in [0.25, 0.3) is 0 Å². The van der Waals surface area contributed by atoms with Crippen LogP contribution in [0.3, 0.4) is 0 Å². The third-order valence-electron chi connectivity index (χ3n) is 3.32. The molecular formula is C16H26. The van der Waals surface area contributed by atoms with Gasteiger partial charge in [0, 0.05) is 0 Å². The molecule has 0 nitrogen and oxygen atoms in total. The van der Waals surface area contributed by atoms with Crippen LogP contribution < -0.4 is 0 Å². The van der Waals surface area contributed by atoms with Crippen molar-refractivity contribution in [1.82, 2.24) is 0 Å². The SMILES string of the molecule is CC1=CCCC(C)=CCCC(C)(C)C=CC1. The lowest BCUT2D eigenvalue weighted by molar-refractivity contribution is 0.440. The predicted molar refractivity (Wildman–Crippen MR) is 73.5 cm³/mol. The molecule has 1 aliphatic carbocycles. The van der Waals surface area contributed by atoms with Gasteiger partial charge in [-0.15, -0.1) is 0 Å². The molecule has 0 spiro atoms. The van der Waals surface area contributed by atoms with Gasteiger partial charge in [0.25, 0.3) is 0 Å². The number of allylic oxidation sites excluding steroid dienone is 6. The molecule has 90 valence electrons. The summed E-state index contributed by atoms with van der Waals surface area (Å²) in [5.74, 6) is 0.